The molecule has 0 saturated carbocycles. The zero-order valence-electron chi connectivity index (χ0n) is 9.38. The first-order chi connectivity index (χ1) is 8.97. The molecule has 2 aromatic rings. The van der Waals surface area contributed by atoms with Crippen LogP contribution in [0, 0.1) is 11.6 Å². The molecule has 0 fully saturated rings. The smallest absolute Gasteiger partial charge is 0.257 e. The van der Waals surface area contributed by atoms with Crippen molar-refractivity contribution in [2.75, 3.05) is 5.32 Å². The van der Waals surface area contributed by atoms with E-state index in [9.17, 15) is 13.6 Å². The number of halogens is 4. The van der Waals surface area contributed by atoms with Gasteiger partial charge in [-0.25, -0.2) is 8.78 Å². The number of benzene rings is 2. The number of carbonyl (C=O) groups excluding carboxylic acids is 1. The number of amides is 1. The van der Waals surface area contributed by atoms with E-state index in [0.717, 1.165) is 18.2 Å². The summed E-state index contributed by atoms with van der Waals surface area (Å²) >= 11 is 11.6. The van der Waals surface area contributed by atoms with Crippen molar-refractivity contribution < 1.29 is 13.6 Å². The molecular weight excluding hydrogens is 295 g/mol. The zero-order chi connectivity index (χ0) is 14.0. The summed E-state index contributed by atoms with van der Waals surface area (Å²) in [7, 11) is 0. The van der Waals surface area contributed by atoms with Gasteiger partial charge in [-0.15, -0.1) is 0 Å². The second kappa shape index (κ2) is 5.55. The van der Waals surface area contributed by atoms with Gasteiger partial charge in [0.25, 0.3) is 5.91 Å². The van der Waals surface area contributed by atoms with Crippen molar-refractivity contribution in [3.05, 3.63) is 63.6 Å². The Hall–Kier alpha value is -1.65. The quantitative estimate of drug-likeness (QED) is 0.868. The molecule has 0 saturated heterocycles. The van der Waals surface area contributed by atoms with Gasteiger partial charge in [0, 0.05) is 11.1 Å². The minimum Gasteiger partial charge on any atom is -0.319 e. The number of nitrogens with one attached hydrogen (secondary N) is 1. The molecule has 1 N–H and O–H groups in total. The molecule has 0 unspecified atom stereocenters. The van der Waals surface area contributed by atoms with E-state index in [0.29, 0.717) is 5.02 Å². The van der Waals surface area contributed by atoms with E-state index in [1.54, 1.807) is 0 Å². The van der Waals surface area contributed by atoms with E-state index >= 15 is 0 Å². The maximum absolute atomic E-state index is 13.4. The average Bonchev–Trinajstić information content (AvgIpc) is 2.33. The first-order valence-electron chi connectivity index (χ1n) is 5.19. The van der Waals surface area contributed by atoms with Gasteiger partial charge in [-0.1, -0.05) is 23.2 Å². The first kappa shape index (κ1) is 13.8. The van der Waals surface area contributed by atoms with Gasteiger partial charge < -0.3 is 5.32 Å². The second-order valence-corrected chi connectivity index (χ2v) is 4.55. The lowest BCUT2D eigenvalue weighted by atomic mass is 10.2. The van der Waals surface area contributed by atoms with Gasteiger partial charge in [0.15, 0.2) is 0 Å². The summed E-state index contributed by atoms with van der Waals surface area (Å²) in [4.78, 5) is 11.9. The molecule has 0 aliphatic rings. The summed E-state index contributed by atoms with van der Waals surface area (Å²) in [5.41, 5.74) is -0.134. The first-order valence-corrected chi connectivity index (χ1v) is 5.94. The Bertz CT molecular complexity index is 647. The van der Waals surface area contributed by atoms with Crippen LogP contribution in [0.2, 0.25) is 10.0 Å². The van der Waals surface area contributed by atoms with E-state index in [2.05, 4.69) is 5.32 Å². The molecule has 2 nitrogen and oxygen atoms in total. The van der Waals surface area contributed by atoms with Gasteiger partial charge in [-0.05, 0) is 30.3 Å². The van der Waals surface area contributed by atoms with Crippen LogP contribution in [-0.4, -0.2) is 5.91 Å². The van der Waals surface area contributed by atoms with Crippen molar-refractivity contribution in [3.8, 4) is 0 Å². The molecule has 0 spiro atoms. The predicted molar refractivity (Wildman–Crippen MR) is 70.8 cm³/mol. The van der Waals surface area contributed by atoms with Crippen LogP contribution in [0.25, 0.3) is 0 Å². The molecule has 19 heavy (non-hydrogen) atoms. The molecule has 0 aliphatic carbocycles. The maximum Gasteiger partial charge on any atom is 0.257 e. The third-order valence-corrected chi connectivity index (χ3v) is 2.90. The highest BCUT2D eigenvalue weighted by Crippen LogP contribution is 2.23. The van der Waals surface area contributed by atoms with Gasteiger partial charge in [0.1, 0.15) is 11.6 Å². The highest BCUT2D eigenvalue weighted by atomic mass is 35.5. The Balaban J connectivity index is 2.28. The lowest BCUT2D eigenvalue weighted by molar-refractivity contribution is 0.102. The summed E-state index contributed by atoms with van der Waals surface area (Å²) in [6.45, 7) is 0. The largest absolute Gasteiger partial charge is 0.319 e. The van der Waals surface area contributed by atoms with E-state index in [-0.39, 0.29) is 16.3 Å². The highest BCUT2D eigenvalue weighted by Gasteiger charge is 2.13. The molecule has 0 aliphatic heterocycles. The number of anilines is 1. The monoisotopic (exact) mass is 301 g/mol. The van der Waals surface area contributed by atoms with E-state index in [1.165, 1.54) is 18.2 Å². The zero-order valence-corrected chi connectivity index (χ0v) is 10.9. The number of hydrogen-bond donors (Lipinski definition) is 1. The van der Waals surface area contributed by atoms with Crippen LogP contribution >= 0.6 is 23.2 Å². The van der Waals surface area contributed by atoms with Crippen molar-refractivity contribution in [1.82, 2.24) is 0 Å². The number of carbonyl (C=O) groups is 1. The van der Waals surface area contributed by atoms with Gasteiger partial charge in [-0.3, -0.25) is 4.79 Å². The minimum absolute atomic E-state index is 0.120. The van der Waals surface area contributed by atoms with Crippen LogP contribution in [0.5, 0.6) is 0 Å². The Morgan fingerprint density at radius 2 is 1.79 bits per heavy atom. The fourth-order valence-corrected chi connectivity index (χ4v) is 1.95. The molecule has 0 radical (unpaired) electrons. The minimum atomic E-state index is -0.736. The van der Waals surface area contributed by atoms with Crippen molar-refractivity contribution in [2.24, 2.45) is 0 Å². The molecule has 2 aromatic carbocycles. The van der Waals surface area contributed by atoms with Gasteiger partial charge in [0.2, 0.25) is 0 Å². The lowest BCUT2D eigenvalue weighted by Gasteiger charge is -2.08. The standard InChI is InChI=1S/C13H7Cl2F2NO/c14-7-1-3-9(10(15)5-7)13(19)18-12-6-8(16)2-4-11(12)17/h1-6H,(H,18,19). The van der Waals surface area contributed by atoms with Crippen LogP contribution in [-0.2, 0) is 0 Å². The summed E-state index contributed by atoms with van der Waals surface area (Å²) in [6, 6.07) is 7.03. The van der Waals surface area contributed by atoms with E-state index < -0.39 is 17.5 Å². The summed E-state index contributed by atoms with van der Waals surface area (Å²) in [5, 5.41) is 2.75. The lowest BCUT2D eigenvalue weighted by Crippen LogP contribution is -2.13. The van der Waals surface area contributed by atoms with Crippen LogP contribution in [0.1, 0.15) is 10.4 Å². The molecule has 1 amide bonds. The van der Waals surface area contributed by atoms with Crippen molar-refractivity contribution in [2.45, 2.75) is 0 Å². The van der Waals surface area contributed by atoms with Crippen molar-refractivity contribution in [3.63, 3.8) is 0 Å². The van der Waals surface area contributed by atoms with Gasteiger partial charge in [0.05, 0.1) is 16.3 Å². The predicted octanol–water partition coefficient (Wildman–Crippen LogP) is 4.52. The van der Waals surface area contributed by atoms with Crippen LogP contribution < -0.4 is 5.32 Å². The topological polar surface area (TPSA) is 29.1 Å². The third-order valence-electron chi connectivity index (χ3n) is 2.35. The average molecular weight is 302 g/mol. The molecule has 6 heteroatoms. The Morgan fingerprint density at radius 3 is 2.47 bits per heavy atom. The molecule has 0 atom stereocenters. The summed E-state index contributed by atoms with van der Waals surface area (Å²) in [5.74, 6) is -2.04. The van der Waals surface area contributed by atoms with Crippen LogP contribution in [0.4, 0.5) is 14.5 Å². The Labute approximate surface area is 118 Å². The summed E-state index contributed by atoms with van der Waals surface area (Å²) < 4.78 is 26.3. The Kier molecular flexibility index (Phi) is 4.02. The molecule has 2 rings (SSSR count). The van der Waals surface area contributed by atoms with E-state index in [1.807, 2.05) is 0 Å². The Morgan fingerprint density at radius 1 is 1.05 bits per heavy atom. The normalized spacial score (nSPS) is 10.3. The maximum atomic E-state index is 13.4. The van der Waals surface area contributed by atoms with E-state index in [4.69, 9.17) is 23.2 Å². The SMILES string of the molecule is O=C(Nc1cc(F)ccc1F)c1ccc(Cl)cc1Cl. The van der Waals surface area contributed by atoms with Crippen LogP contribution in [0.3, 0.4) is 0 Å². The van der Waals surface area contributed by atoms with Crippen molar-refractivity contribution >= 4 is 34.8 Å². The molecule has 0 aromatic heterocycles. The number of rotatable bonds is 2. The molecule has 0 bridgehead atoms. The highest BCUT2D eigenvalue weighted by molar-refractivity contribution is 6.37. The fraction of sp³-hybridized carbons (Fsp3) is 0. The third kappa shape index (κ3) is 3.22. The molecule has 0 heterocycles. The fourth-order valence-electron chi connectivity index (χ4n) is 1.46. The van der Waals surface area contributed by atoms with Gasteiger partial charge in [-0.2, -0.15) is 0 Å². The van der Waals surface area contributed by atoms with Crippen LogP contribution in [0.15, 0.2) is 36.4 Å². The number of hydrogen-bond acceptors (Lipinski definition) is 1. The summed E-state index contributed by atoms with van der Waals surface area (Å²) in [6.07, 6.45) is 0. The molecular formula is C13H7Cl2F2NO. The second-order valence-electron chi connectivity index (χ2n) is 3.70. The van der Waals surface area contributed by atoms with Gasteiger partial charge >= 0.3 is 0 Å². The van der Waals surface area contributed by atoms with Crippen molar-refractivity contribution in [1.29, 1.82) is 0 Å². The molecule has 98 valence electrons.